The van der Waals surface area contributed by atoms with Crippen molar-refractivity contribution >= 4 is 23.2 Å². The molecule has 1 spiro atoms. The standard InChI is InChI=1S/C19H19ClN2O2/c20-15-6-7-17-16(12-15)21-18(23)19(24-17)8-10-22(11-9-19)13-14-4-2-1-3-5-14/h1-7,12H,8-11,13H2,(H,21,23). The number of nitrogens with one attached hydrogen (secondary N) is 1. The van der Waals surface area contributed by atoms with Crippen molar-refractivity contribution in [3.05, 3.63) is 59.1 Å². The third-order valence-electron chi connectivity index (χ3n) is 4.82. The van der Waals surface area contributed by atoms with E-state index >= 15 is 0 Å². The van der Waals surface area contributed by atoms with Crippen LogP contribution in [0.1, 0.15) is 18.4 Å². The van der Waals surface area contributed by atoms with Crippen molar-refractivity contribution in [3.8, 4) is 5.75 Å². The maximum absolute atomic E-state index is 12.6. The average Bonchev–Trinajstić information content (AvgIpc) is 2.59. The lowest BCUT2D eigenvalue weighted by Gasteiger charge is -2.43. The van der Waals surface area contributed by atoms with Crippen molar-refractivity contribution in [2.75, 3.05) is 18.4 Å². The highest BCUT2D eigenvalue weighted by atomic mass is 35.5. The molecule has 2 aliphatic rings. The number of carbonyl (C=O) groups is 1. The quantitative estimate of drug-likeness (QED) is 0.904. The van der Waals surface area contributed by atoms with Crippen molar-refractivity contribution in [2.24, 2.45) is 0 Å². The summed E-state index contributed by atoms with van der Waals surface area (Å²) in [6, 6.07) is 15.7. The largest absolute Gasteiger partial charge is 0.475 e. The molecule has 2 aromatic rings. The molecule has 2 heterocycles. The first-order valence-electron chi connectivity index (χ1n) is 8.21. The summed E-state index contributed by atoms with van der Waals surface area (Å²) in [6.07, 6.45) is 1.38. The van der Waals surface area contributed by atoms with Gasteiger partial charge in [0.25, 0.3) is 5.91 Å². The number of fused-ring (bicyclic) bond motifs is 1. The van der Waals surface area contributed by atoms with Crippen LogP contribution >= 0.6 is 11.6 Å². The summed E-state index contributed by atoms with van der Waals surface area (Å²) in [5, 5.41) is 3.55. The van der Waals surface area contributed by atoms with E-state index in [0.717, 1.165) is 19.6 Å². The molecule has 0 bridgehead atoms. The van der Waals surface area contributed by atoms with Gasteiger partial charge in [-0.2, -0.15) is 0 Å². The minimum absolute atomic E-state index is 0.0587. The fourth-order valence-electron chi connectivity index (χ4n) is 3.43. The molecule has 0 atom stereocenters. The molecule has 24 heavy (non-hydrogen) atoms. The molecule has 5 heteroatoms. The van der Waals surface area contributed by atoms with Crippen LogP contribution in [0.4, 0.5) is 5.69 Å². The van der Waals surface area contributed by atoms with Crippen LogP contribution in [0.3, 0.4) is 0 Å². The minimum atomic E-state index is -0.756. The second-order valence-corrected chi connectivity index (χ2v) is 6.89. The first-order valence-corrected chi connectivity index (χ1v) is 8.59. The SMILES string of the molecule is O=C1Nc2cc(Cl)ccc2OC12CCN(Cc1ccccc1)CC2. The number of hydrogen-bond donors (Lipinski definition) is 1. The van der Waals surface area contributed by atoms with Crippen molar-refractivity contribution in [3.63, 3.8) is 0 Å². The fourth-order valence-corrected chi connectivity index (χ4v) is 3.60. The highest BCUT2D eigenvalue weighted by molar-refractivity contribution is 6.31. The fraction of sp³-hybridized carbons (Fsp3) is 0.316. The van der Waals surface area contributed by atoms with Gasteiger partial charge in [0.2, 0.25) is 0 Å². The molecule has 1 fully saturated rings. The topological polar surface area (TPSA) is 41.6 Å². The zero-order chi connectivity index (χ0) is 16.6. The normalized spacial score (nSPS) is 19.5. The third kappa shape index (κ3) is 2.87. The van der Waals surface area contributed by atoms with E-state index in [1.54, 1.807) is 12.1 Å². The Morgan fingerprint density at radius 2 is 1.88 bits per heavy atom. The van der Waals surface area contributed by atoms with Crippen molar-refractivity contribution in [1.82, 2.24) is 4.90 Å². The molecular formula is C19H19ClN2O2. The van der Waals surface area contributed by atoms with Crippen LogP contribution in [0.15, 0.2) is 48.5 Å². The van der Waals surface area contributed by atoms with Crippen molar-refractivity contribution in [1.29, 1.82) is 0 Å². The van der Waals surface area contributed by atoms with Crippen LogP contribution in [0.25, 0.3) is 0 Å². The lowest BCUT2D eigenvalue weighted by atomic mass is 9.88. The van der Waals surface area contributed by atoms with Gasteiger partial charge < -0.3 is 10.1 Å². The monoisotopic (exact) mass is 342 g/mol. The van der Waals surface area contributed by atoms with Crippen LogP contribution in [0.5, 0.6) is 5.75 Å². The van der Waals surface area contributed by atoms with Gasteiger partial charge in [-0.05, 0) is 23.8 Å². The molecule has 0 radical (unpaired) electrons. The lowest BCUT2D eigenvalue weighted by molar-refractivity contribution is -0.136. The van der Waals surface area contributed by atoms with E-state index in [-0.39, 0.29) is 5.91 Å². The van der Waals surface area contributed by atoms with Gasteiger partial charge in [-0.15, -0.1) is 0 Å². The predicted octanol–water partition coefficient (Wildman–Crippen LogP) is 3.71. The Labute approximate surface area is 146 Å². The molecule has 0 aromatic heterocycles. The number of nitrogens with zero attached hydrogens (tertiary/aromatic N) is 1. The van der Waals surface area contributed by atoms with Gasteiger partial charge in [0.1, 0.15) is 5.75 Å². The number of hydrogen-bond acceptors (Lipinski definition) is 3. The summed E-state index contributed by atoms with van der Waals surface area (Å²) in [7, 11) is 0. The molecule has 124 valence electrons. The zero-order valence-electron chi connectivity index (χ0n) is 13.3. The zero-order valence-corrected chi connectivity index (χ0v) is 14.1. The predicted molar refractivity (Wildman–Crippen MR) is 94.4 cm³/mol. The maximum Gasteiger partial charge on any atom is 0.268 e. The van der Waals surface area contributed by atoms with Gasteiger partial charge in [0.05, 0.1) is 5.69 Å². The van der Waals surface area contributed by atoms with Gasteiger partial charge in [0.15, 0.2) is 5.60 Å². The highest BCUT2D eigenvalue weighted by Crippen LogP contribution is 2.39. The van der Waals surface area contributed by atoms with Gasteiger partial charge in [-0.3, -0.25) is 9.69 Å². The summed E-state index contributed by atoms with van der Waals surface area (Å²) in [6.45, 7) is 2.58. The molecular weight excluding hydrogens is 324 g/mol. The van der Waals surface area contributed by atoms with E-state index in [2.05, 4.69) is 34.5 Å². The molecule has 1 amide bonds. The molecule has 2 aliphatic heterocycles. The smallest absolute Gasteiger partial charge is 0.268 e. The Balaban J connectivity index is 1.46. The van der Waals surface area contributed by atoms with E-state index in [0.29, 0.717) is 29.3 Å². The molecule has 0 unspecified atom stereocenters. The first-order chi connectivity index (χ1) is 11.6. The number of halogens is 1. The number of rotatable bonds is 2. The van der Waals surface area contributed by atoms with Crippen LogP contribution < -0.4 is 10.1 Å². The van der Waals surface area contributed by atoms with E-state index in [1.807, 2.05) is 12.1 Å². The Morgan fingerprint density at radius 1 is 1.12 bits per heavy atom. The summed E-state index contributed by atoms with van der Waals surface area (Å²) >= 11 is 5.98. The minimum Gasteiger partial charge on any atom is -0.475 e. The average molecular weight is 343 g/mol. The molecule has 1 saturated heterocycles. The molecule has 4 nitrogen and oxygen atoms in total. The first kappa shape index (κ1) is 15.5. The second kappa shape index (κ2) is 6.11. The van der Waals surface area contributed by atoms with Crippen LogP contribution in [0.2, 0.25) is 5.02 Å². The summed E-state index contributed by atoms with van der Waals surface area (Å²) in [4.78, 5) is 15.0. The lowest BCUT2D eigenvalue weighted by Crippen LogP contribution is -2.56. The van der Waals surface area contributed by atoms with Crippen molar-refractivity contribution in [2.45, 2.75) is 25.0 Å². The summed E-state index contributed by atoms with van der Waals surface area (Å²) in [5.41, 5.74) is 1.20. The number of likely N-dealkylation sites (tertiary alicyclic amines) is 1. The molecule has 0 aliphatic carbocycles. The number of ether oxygens (including phenoxy) is 1. The summed E-state index contributed by atoms with van der Waals surface area (Å²) < 4.78 is 6.13. The maximum atomic E-state index is 12.6. The molecule has 1 N–H and O–H groups in total. The number of carbonyl (C=O) groups excluding carboxylic acids is 1. The Hall–Kier alpha value is -2.04. The van der Waals surface area contributed by atoms with E-state index in [1.165, 1.54) is 5.56 Å². The number of anilines is 1. The summed E-state index contributed by atoms with van der Waals surface area (Å²) in [5.74, 6) is 0.645. The third-order valence-corrected chi connectivity index (χ3v) is 5.06. The van der Waals surface area contributed by atoms with Crippen LogP contribution in [0, 0.1) is 0 Å². The Bertz CT molecular complexity index is 755. The van der Waals surface area contributed by atoms with Crippen LogP contribution in [-0.4, -0.2) is 29.5 Å². The van der Waals surface area contributed by atoms with Gasteiger partial charge in [0, 0.05) is 37.5 Å². The molecule has 0 saturated carbocycles. The van der Waals surface area contributed by atoms with Gasteiger partial charge in [-0.25, -0.2) is 0 Å². The van der Waals surface area contributed by atoms with E-state index < -0.39 is 5.60 Å². The number of benzene rings is 2. The van der Waals surface area contributed by atoms with E-state index in [4.69, 9.17) is 16.3 Å². The Morgan fingerprint density at radius 3 is 2.62 bits per heavy atom. The van der Waals surface area contributed by atoms with Gasteiger partial charge in [-0.1, -0.05) is 41.9 Å². The highest BCUT2D eigenvalue weighted by Gasteiger charge is 2.46. The van der Waals surface area contributed by atoms with Gasteiger partial charge >= 0.3 is 0 Å². The van der Waals surface area contributed by atoms with Crippen LogP contribution in [-0.2, 0) is 11.3 Å². The van der Waals surface area contributed by atoms with E-state index in [9.17, 15) is 4.79 Å². The molecule has 2 aromatic carbocycles. The second-order valence-electron chi connectivity index (χ2n) is 6.45. The molecule has 4 rings (SSSR count). The number of piperidine rings is 1. The Kier molecular flexibility index (Phi) is 3.94. The number of amides is 1. The van der Waals surface area contributed by atoms with Crippen molar-refractivity contribution < 1.29 is 9.53 Å².